The lowest BCUT2D eigenvalue weighted by Gasteiger charge is -2.24. The van der Waals surface area contributed by atoms with Crippen LogP contribution in [0.15, 0.2) is 66.9 Å². The molecule has 2 unspecified atom stereocenters. The summed E-state index contributed by atoms with van der Waals surface area (Å²) in [6.45, 7) is 5.32. The van der Waals surface area contributed by atoms with E-state index in [0.29, 0.717) is 6.42 Å². The minimum absolute atomic E-state index is 0.106. The molecular formula is C31H39N5O6. The van der Waals surface area contributed by atoms with Crippen LogP contribution in [0.2, 0.25) is 0 Å². The molecule has 4 N–H and O–H groups in total. The van der Waals surface area contributed by atoms with Gasteiger partial charge in [-0.05, 0) is 44.4 Å². The molecule has 0 saturated heterocycles. The van der Waals surface area contributed by atoms with Crippen molar-refractivity contribution >= 4 is 34.5 Å². The van der Waals surface area contributed by atoms with Gasteiger partial charge in [0.2, 0.25) is 23.6 Å². The number of hydrogen-bond acceptors (Lipinski definition) is 7. The first-order valence-electron chi connectivity index (χ1n) is 13.8. The van der Waals surface area contributed by atoms with Gasteiger partial charge in [0, 0.05) is 31.7 Å². The van der Waals surface area contributed by atoms with Gasteiger partial charge in [-0.1, -0.05) is 54.6 Å². The highest BCUT2D eigenvalue weighted by atomic mass is 16.7. The van der Waals surface area contributed by atoms with Gasteiger partial charge in [-0.25, -0.2) is 5.48 Å². The van der Waals surface area contributed by atoms with Gasteiger partial charge < -0.3 is 20.7 Å². The number of fused-ring (bicyclic) bond motifs is 1. The molecule has 0 radical (unpaired) electrons. The van der Waals surface area contributed by atoms with Crippen LogP contribution in [0.5, 0.6) is 0 Å². The maximum Gasteiger partial charge on any atom is 0.246 e. The molecule has 0 spiro atoms. The van der Waals surface area contributed by atoms with Crippen molar-refractivity contribution in [2.24, 2.45) is 0 Å². The quantitative estimate of drug-likeness (QED) is 0.215. The number of carbonyl (C=O) groups excluding carboxylic acids is 4. The molecule has 1 heterocycles. The Kier molecular flexibility index (Phi) is 11.9. The molecule has 11 nitrogen and oxygen atoms in total. The molecule has 2 atom stereocenters. The molecule has 224 valence electrons. The number of rotatable bonds is 14. The molecule has 3 rings (SSSR count). The van der Waals surface area contributed by atoms with Gasteiger partial charge in [0.05, 0.1) is 24.1 Å². The molecule has 0 aliphatic rings. The van der Waals surface area contributed by atoms with Gasteiger partial charge >= 0.3 is 0 Å². The summed E-state index contributed by atoms with van der Waals surface area (Å²) in [5, 5.41) is 9.00. The Morgan fingerprint density at radius 3 is 2.31 bits per heavy atom. The van der Waals surface area contributed by atoms with E-state index < -0.39 is 47.7 Å². The molecule has 0 aliphatic carbocycles. The van der Waals surface area contributed by atoms with Crippen molar-refractivity contribution < 1.29 is 28.8 Å². The second kappa shape index (κ2) is 15.6. The Labute approximate surface area is 245 Å². The summed E-state index contributed by atoms with van der Waals surface area (Å²) >= 11 is 0. The summed E-state index contributed by atoms with van der Waals surface area (Å²) in [4.78, 5) is 61.5. The van der Waals surface area contributed by atoms with Crippen molar-refractivity contribution in [1.82, 2.24) is 26.4 Å². The molecule has 0 aliphatic heterocycles. The lowest BCUT2D eigenvalue weighted by molar-refractivity contribution is -0.147. The normalized spacial score (nSPS) is 12.7. The second-order valence-corrected chi connectivity index (χ2v) is 10.8. The Morgan fingerprint density at radius 1 is 0.857 bits per heavy atom. The number of ether oxygens (including phenoxy) is 1. The SMILES string of the molecule is COCC(NC(=O)C(CC(=O)NOC(C)(C)C)NC(=O)CCc1ccccc1)C(=O)NCc1cccc2cccnc12. The monoisotopic (exact) mass is 577 g/mol. The van der Waals surface area contributed by atoms with Crippen LogP contribution in [0.4, 0.5) is 0 Å². The summed E-state index contributed by atoms with van der Waals surface area (Å²) in [7, 11) is 1.40. The zero-order valence-electron chi connectivity index (χ0n) is 24.4. The van der Waals surface area contributed by atoms with E-state index in [1.54, 1.807) is 27.0 Å². The number of carbonyl (C=O) groups is 4. The maximum atomic E-state index is 13.3. The van der Waals surface area contributed by atoms with E-state index in [0.717, 1.165) is 22.0 Å². The second-order valence-electron chi connectivity index (χ2n) is 10.8. The molecule has 42 heavy (non-hydrogen) atoms. The van der Waals surface area contributed by atoms with Crippen molar-refractivity contribution in [1.29, 1.82) is 0 Å². The van der Waals surface area contributed by atoms with Crippen molar-refractivity contribution in [2.45, 2.75) is 64.3 Å². The largest absolute Gasteiger partial charge is 0.382 e. The highest BCUT2D eigenvalue weighted by Gasteiger charge is 2.29. The molecule has 0 fully saturated rings. The Hall–Kier alpha value is -4.35. The van der Waals surface area contributed by atoms with E-state index in [2.05, 4.69) is 26.4 Å². The van der Waals surface area contributed by atoms with Gasteiger partial charge in [0.25, 0.3) is 0 Å². The number of hydrogen-bond donors (Lipinski definition) is 4. The first-order chi connectivity index (χ1) is 20.1. The number of methoxy groups -OCH3 is 1. The Balaban J connectivity index is 1.67. The predicted octanol–water partition coefficient (Wildman–Crippen LogP) is 2.34. The zero-order chi connectivity index (χ0) is 30.5. The smallest absolute Gasteiger partial charge is 0.246 e. The fourth-order valence-corrected chi connectivity index (χ4v) is 4.05. The molecule has 2 aromatic carbocycles. The third-order valence-corrected chi connectivity index (χ3v) is 6.13. The number of nitrogens with zero attached hydrogens (tertiary/aromatic N) is 1. The third-order valence-electron chi connectivity index (χ3n) is 6.13. The number of pyridine rings is 1. The van der Waals surface area contributed by atoms with Gasteiger partial charge in [0.15, 0.2) is 0 Å². The van der Waals surface area contributed by atoms with Crippen LogP contribution < -0.4 is 21.4 Å². The average Bonchev–Trinajstić information content (AvgIpc) is 2.97. The Morgan fingerprint density at radius 2 is 1.60 bits per heavy atom. The minimum Gasteiger partial charge on any atom is -0.382 e. The van der Waals surface area contributed by atoms with Crippen LogP contribution in [-0.4, -0.2) is 60.0 Å². The van der Waals surface area contributed by atoms with Gasteiger partial charge in [-0.15, -0.1) is 0 Å². The summed E-state index contributed by atoms with van der Waals surface area (Å²) in [6, 6.07) is 16.5. The van der Waals surface area contributed by atoms with E-state index in [9.17, 15) is 19.2 Å². The maximum absolute atomic E-state index is 13.3. The number of aryl methyl sites for hydroxylation is 1. The van der Waals surface area contributed by atoms with Crippen LogP contribution in [0.3, 0.4) is 0 Å². The van der Waals surface area contributed by atoms with Crippen LogP contribution >= 0.6 is 0 Å². The third kappa shape index (κ3) is 10.6. The first-order valence-corrected chi connectivity index (χ1v) is 13.8. The van der Waals surface area contributed by atoms with Crippen LogP contribution in [0, 0.1) is 0 Å². The topological polar surface area (TPSA) is 148 Å². The number of amides is 4. The lowest BCUT2D eigenvalue weighted by atomic mass is 10.1. The molecule has 4 amide bonds. The Bertz CT molecular complexity index is 1350. The van der Waals surface area contributed by atoms with Crippen LogP contribution in [0.25, 0.3) is 10.9 Å². The first kappa shape index (κ1) is 32.2. The van der Waals surface area contributed by atoms with Gasteiger partial charge in [-0.3, -0.25) is 29.0 Å². The fourth-order valence-electron chi connectivity index (χ4n) is 4.05. The van der Waals surface area contributed by atoms with Gasteiger partial charge in [0.1, 0.15) is 12.1 Å². The number of aromatic nitrogens is 1. The highest BCUT2D eigenvalue weighted by molar-refractivity contribution is 5.95. The van der Waals surface area contributed by atoms with E-state index in [1.807, 2.05) is 60.7 Å². The zero-order valence-corrected chi connectivity index (χ0v) is 24.4. The minimum atomic E-state index is -1.26. The van der Waals surface area contributed by atoms with Crippen molar-refractivity contribution in [3.8, 4) is 0 Å². The average molecular weight is 578 g/mol. The summed E-state index contributed by atoms with van der Waals surface area (Å²) < 4.78 is 5.18. The predicted molar refractivity (Wildman–Crippen MR) is 158 cm³/mol. The van der Waals surface area contributed by atoms with E-state index in [4.69, 9.17) is 9.57 Å². The van der Waals surface area contributed by atoms with Crippen molar-refractivity contribution in [3.05, 3.63) is 78.0 Å². The summed E-state index contributed by atoms with van der Waals surface area (Å²) in [6.07, 6.45) is 1.84. The molecule has 0 bridgehead atoms. The van der Waals surface area contributed by atoms with Crippen molar-refractivity contribution in [2.75, 3.05) is 13.7 Å². The molecule has 11 heteroatoms. The summed E-state index contributed by atoms with van der Waals surface area (Å²) in [5.41, 5.74) is 4.18. The number of benzene rings is 2. The standard InChI is InChI=1S/C31H39N5O6/c1-31(2,3)42-36-27(38)18-24(34-26(37)16-15-21-10-6-5-7-11-21)30(40)35-25(20-41-4)29(39)33-19-23-13-8-12-22-14-9-17-32-28(22)23/h5-14,17,24-25H,15-16,18-20H2,1-4H3,(H,33,39)(H,34,37)(H,35,40)(H,36,38). The van der Waals surface area contributed by atoms with E-state index in [1.165, 1.54) is 7.11 Å². The summed E-state index contributed by atoms with van der Waals surface area (Å²) in [5.74, 6) is -2.23. The van der Waals surface area contributed by atoms with Gasteiger partial charge in [-0.2, -0.15) is 0 Å². The van der Waals surface area contributed by atoms with Crippen LogP contribution in [-0.2, 0) is 41.7 Å². The number of nitrogens with one attached hydrogen (secondary N) is 4. The molecule has 0 saturated carbocycles. The molecular weight excluding hydrogens is 538 g/mol. The number of para-hydroxylation sites is 1. The fraction of sp³-hybridized carbons (Fsp3) is 0.387. The lowest BCUT2D eigenvalue weighted by Crippen LogP contribution is -2.56. The van der Waals surface area contributed by atoms with Crippen LogP contribution in [0.1, 0.15) is 44.7 Å². The van der Waals surface area contributed by atoms with Crippen molar-refractivity contribution in [3.63, 3.8) is 0 Å². The number of hydroxylamine groups is 1. The highest BCUT2D eigenvalue weighted by Crippen LogP contribution is 2.15. The molecule has 3 aromatic rings. The van der Waals surface area contributed by atoms with E-state index in [-0.39, 0.29) is 19.6 Å². The molecule has 1 aromatic heterocycles. The van der Waals surface area contributed by atoms with E-state index >= 15 is 0 Å².